The van der Waals surface area contributed by atoms with E-state index in [-0.39, 0.29) is 17.9 Å². The maximum atomic E-state index is 12.1. The van der Waals surface area contributed by atoms with E-state index < -0.39 is 0 Å². The third kappa shape index (κ3) is 2.16. The molecule has 2 heterocycles. The highest BCUT2D eigenvalue weighted by atomic mass is 16.2. The largest absolute Gasteiger partial charge is 0.335 e. The molecular weight excluding hydrogens is 226 g/mol. The third-order valence-corrected chi connectivity index (χ3v) is 3.92. The summed E-state index contributed by atoms with van der Waals surface area (Å²) in [4.78, 5) is 21.0. The summed E-state index contributed by atoms with van der Waals surface area (Å²) in [6.07, 6.45) is 0. The van der Waals surface area contributed by atoms with Crippen LogP contribution in [0, 0.1) is 5.92 Å². The van der Waals surface area contributed by atoms with E-state index in [1.54, 1.807) is 0 Å². The van der Waals surface area contributed by atoms with Gasteiger partial charge in [-0.05, 0) is 26.3 Å². The molecule has 0 spiro atoms. The van der Waals surface area contributed by atoms with Gasteiger partial charge in [0, 0.05) is 24.7 Å². The third-order valence-electron chi connectivity index (χ3n) is 3.92. The molecule has 0 N–H and O–H groups in total. The highest BCUT2D eigenvalue weighted by molar-refractivity contribution is 5.84. The molecule has 18 heavy (non-hydrogen) atoms. The van der Waals surface area contributed by atoms with Gasteiger partial charge in [-0.15, -0.1) is 0 Å². The zero-order valence-corrected chi connectivity index (χ0v) is 12.0. The van der Waals surface area contributed by atoms with Crippen LogP contribution in [-0.2, 0) is 4.79 Å². The van der Waals surface area contributed by atoms with E-state index in [2.05, 4.69) is 30.7 Å². The van der Waals surface area contributed by atoms with Crippen molar-refractivity contribution in [3.8, 4) is 0 Å². The first-order valence-electron chi connectivity index (χ1n) is 6.72. The van der Waals surface area contributed by atoms with E-state index in [9.17, 15) is 4.79 Å². The SMILES string of the molecule is CC1=NC(C)C(C)=C2CN(C(=O)C(C)C)CCN12. The predicted octanol–water partition coefficient (Wildman–Crippen LogP) is 1.88. The number of fused-ring (bicyclic) bond motifs is 1. The average molecular weight is 249 g/mol. The number of nitrogens with zero attached hydrogens (tertiary/aromatic N) is 3. The second-order valence-electron chi connectivity index (χ2n) is 5.55. The van der Waals surface area contributed by atoms with Gasteiger partial charge in [-0.2, -0.15) is 0 Å². The summed E-state index contributed by atoms with van der Waals surface area (Å²) in [6.45, 7) is 12.6. The van der Waals surface area contributed by atoms with Crippen LogP contribution in [0.1, 0.15) is 34.6 Å². The van der Waals surface area contributed by atoms with Crippen LogP contribution in [0.15, 0.2) is 16.3 Å². The molecule has 0 aromatic heterocycles. The maximum absolute atomic E-state index is 12.1. The Hall–Kier alpha value is -1.32. The number of rotatable bonds is 1. The molecule has 4 heteroatoms. The number of carbonyl (C=O) groups excluding carboxylic acids is 1. The minimum Gasteiger partial charge on any atom is -0.335 e. The standard InChI is InChI=1S/C14H23N3O/c1-9(2)14(18)16-6-7-17-12(5)15-11(4)10(3)13(17)8-16/h9,11H,6-8H2,1-5H3. The van der Waals surface area contributed by atoms with Gasteiger partial charge in [0.1, 0.15) is 5.84 Å². The minimum atomic E-state index is 0.0771. The summed E-state index contributed by atoms with van der Waals surface area (Å²) in [5.41, 5.74) is 2.57. The van der Waals surface area contributed by atoms with E-state index in [4.69, 9.17) is 0 Å². The molecule has 2 rings (SSSR count). The van der Waals surface area contributed by atoms with Gasteiger partial charge in [-0.25, -0.2) is 0 Å². The highest BCUT2D eigenvalue weighted by Gasteiger charge is 2.31. The number of piperazine rings is 1. The van der Waals surface area contributed by atoms with Crippen molar-refractivity contribution in [2.45, 2.75) is 40.7 Å². The Kier molecular flexibility index (Phi) is 3.46. The molecule has 1 unspecified atom stereocenters. The van der Waals surface area contributed by atoms with Crippen molar-refractivity contribution in [1.29, 1.82) is 0 Å². The topological polar surface area (TPSA) is 35.9 Å². The first kappa shape index (κ1) is 13.1. The van der Waals surface area contributed by atoms with Crippen LogP contribution in [0.5, 0.6) is 0 Å². The molecule has 1 saturated heterocycles. The lowest BCUT2D eigenvalue weighted by atomic mass is 10.0. The van der Waals surface area contributed by atoms with E-state index in [1.165, 1.54) is 11.3 Å². The van der Waals surface area contributed by atoms with Crippen LogP contribution in [0.3, 0.4) is 0 Å². The van der Waals surface area contributed by atoms with Crippen LogP contribution < -0.4 is 0 Å². The molecular formula is C14H23N3O. The number of carbonyl (C=O) groups is 1. The number of hydrogen-bond acceptors (Lipinski definition) is 3. The quantitative estimate of drug-likeness (QED) is 0.711. The van der Waals surface area contributed by atoms with Gasteiger partial charge in [0.05, 0.1) is 12.6 Å². The van der Waals surface area contributed by atoms with Crippen LogP contribution in [-0.4, -0.2) is 47.2 Å². The number of amides is 1. The fourth-order valence-electron chi connectivity index (χ4n) is 2.64. The second kappa shape index (κ2) is 4.75. The zero-order valence-electron chi connectivity index (χ0n) is 12.0. The van der Waals surface area contributed by atoms with E-state index in [0.717, 1.165) is 25.5 Å². The van der Waals surface area contributed by atoms with Crippen molar-refractivity contribution in [2.24, 2.45) is 10.9 Å². The lowest BCUT2D eigenvalue weighted by molar-refractivity contribution is -0.135. The van der Waals surface area contributed by atoms with Gasteiger partial charge in [0.15, 0.2) is 0 Å². The summed E-state index contributed by atoms with van der Waals surface area (Å²) in [5, 5.41) is 0. The number of amidine groups is 1. The molecule has 2 aliphatic heterocycles. The van der Waals surface area contributed by atoms with Gasteiger partial charge < -0.3 is 9.80 Å². The Morgan fingerprint density at radius 2 is 2.00 bits per heavy atom. The van der Waals surface area contributed by atoms with Gasteiger partial charge in [-0.3, -0.25) is 9.79 Å². The van der Waals surface area contributed by atoms with Gasteiger partial charge in [-0.1, -0.05) is 13.8 Å². The van der Waals surface area contributed by atoms with Crippen molar-refractivity contribution < 1.29 is 4.79 Å². The molecule has 0 saturated carbocycles. The number of aliphatic imine (C=N–C) groups is 1. The van der Waals surface area contributed by atoms with Gasteiger partial charge >= 0.3 is 0 Å². The molecule has 2 aliphatic rings. The maximum Gasteiger partial charge on any atom is 0.225 e. The van der Waals surface area contributed by atoms with Gasteiger partial charge in [0.2, 0.25) is 5.91 Å². The first-order chi connectivity index (χ1) is 8.41. The summed E-state index contributed by atoms with van der Waals surface area (Å²) in [6, 6.07) is 0.241. The average Bonchev–Trinajstić information content (AvgIpc) is 2.34. The van der Waals surface area contributed by atoms with Crippen LogP contribution >= 0.6 is 0 Å². The van der Waals surface area contributed by atoms with E-state index >= 15 is 0 Å². The van der Waals surface area contributed by atoms with Crippen molar-refractivity contribution in [1.82, 2.24) is 9.80 Å². The Morgan fingerprint density at radius 3 is 2.61 bits per heavy atom. The molecule has 1 fully saturated rings. The normalized spacial score (nSPS) is 24.3. The highest BCUT2D eigenvalue weighted by Crippen LogP contribution is 2.26. The molecule has 0 aliphatic carbocycles. The van der Waals surface area contributed by atoms with Crippen LogP contribution in [0.2, 0.25) is 0 Å². The molecule has 0 aromatic carbocycles. The van der Waals surface area contributed by atoms with Crippen LogP contribution in [0.4, 0.5) is 0 Å². The Labute approximate surface area is 109 Å². The molecule has 0 radical (unpaired) electrons. The van der Waals surface area contributed by atoms with Crippen molar-refractivity contribution >= 4 is 11.7 Å². The molecule has 4 nitrogen and oxygen atoms in total. The lowest BCUT2D eigenvalue weighted by Gasteiger charge is -2.42. The van der Waals surface area contributed by atoms with Crippen molar-refractivity contribution in [2.75, 3.05) is 19.6 Å². The smallest absolute Gasteiger partial charge is 0.225 e. The van der Waals surface area contributed by atoms with Crippen molar-refractivity contribution in [3.63, 3.8) is 0 Å². The summed E-state index contributed by atoms with van der Waals surface area (Å²) >= 11 is 0. The summed E-state index contributed by atoms with van der Waals surface area (Å²) in [5.74, 6) is 1.41. The van der Waals surface area contributed by atoms with E-state index in [1.807, 2.05) is 18.7 Å². The molecule has 1 amide bonds. The second-order valence-corrected chi connectivity index (χ2v) is 5.55. The zero-order chi connectivity index (χ0) is 13.4. The van der Waals surface area contributed by atoms with E-state index in [0.29, 0.717) is 0 Å². The number of hydrogen-bond donors (Lipinski definition) is 0. The fraction of sp³-hybridized carbons (Fsp3) is 0.714. The predicted molar refractivity (Wildman–Crippen MR) is 73.4 cm³/mol. The first-order valence-corrected chi connectivity index (χ1v) is 6.72. The molecule has 0 bridgehead atoms. The lowest BCUT2D eigenvalue weighted by Crippen LogP contribution is -2.51. The Morgan fingerprint density at radius 1 is 1.33 bits per heavy atom. The van der Waals surface area contributed by atoms with Crippen LogP contribution in [0.25, 0.3) is 0 Å². The molecule has 1 atom stereocenters. The molecule has 0 aromatic rings. The Balaban J connectivity index is 2.22. The molecule has 100 valence electrons. The fourth-order valence-corrected chi connectivity index (χ4v) is 2.64. The monoisotopic (exact) mass is 249 g/mol. The Bertz CT molecular complexity index is 423. The minimum absolute atomic E-state index is 0.0771. The van der Waals surface area contributed by atoms with Gasteiger partial charge in [0.25, 0.3) is 0 Å². The van der Waals surface area contributed by atoms with Crippen molar-refractivity contribution in [3.05, 3.63) is 11.3 Å². The summed E-state index contributed by atoms with van der Waals surface area (Å²) in [7, 11) is 0. The summed E-state index contributed by atoms with van der Waals surface area (Å²) < 4.78 is 0.